The van der Waals surface area contributed by atoms with Crippen molar-refractivity contribution in [3.05, 3.63) is 58.6 Å². The SMILES string of the molecule is COc1ccc(CNC(=O)c2ccc(O)c(Cl)c2)cc1. The molecule has 2 rings (SSSR count). The molecule has 0 saturated carbocycles. The second-order valence-corrected chi connectivity index (χ2v) is 4.60. The number of ether oxygens (including phenoxy) is 1. The topological polar surface area (TPSA) is 58.6 Å². The summed E-state index contributed by atoms with van der Waals surface area (Å²) in [7, 11) is 1.60. The van der Waals surface area contributed by atoms with Crippen molar-refractivity contribution < 1.29 is 14.6 Å². The van der Waals surface area contributed by atoms with Crippen LogP contribution in [0.15, 0.2) is 42.5 Å². The number of nitrogens with one attached hydrogen (secondary N) is 1. The number of hydrogen-bond donors (Lipinski definition) is 2. The minimum absolute atomic E-state index is 0.0432. The van der Waals surface area contributed by atoms with E-state index in [1.54, 1.807) is 7.11 Å². The van der Waals surface area contributed by atoms with Crippen LogP contribution in [0.2, 0.25) is 5.02 Å². The van der Waals surface area contributed by atoms with E-state index in [1.807, 2.05) is 24.3 Å². The zero-order valence-corrected chi connectivity index (χ0v) is 11.6. The highest BCUT2D eigenvalue weighted by molar-refractivity contribution is 6.32. The summed E-state index contributed by atoms with van der Waals surface area (Å²) >= 11 is 5.76. The maximum atomic E-state index is 11.9. The van der Waals surface area contributed by atoms with E-state index >= 15 is 0 Å². The van der Waals surface area contributed by atoms with E-state index in [0.717, 1.165) is 11.3 Å². The van der Waals surface area contributed by atoms with Crippen molar-refractivity contribution in [2.75, 3.05) is 7.11 Å². The van der Waals surface area contributed by atoms with Gasteiger partial charge in [-0.3, -0.25) is 4.79 Å². The number of carbonyl (C=O) groups is 1. The van der Waals surface area contributed by atoms with Crippen LogP contribution < -0.4 is 10.1 Å². The molecule has 0 bridgehead atoms. The predicted molar refractivity (Wildman–Crippen MR) is 77.3 cm³/mol. The Balaban J connectivity index is 1.98. The number of methoxy groups -OCH3 is 1. The van der Waals surface area contributed by atoms with Gasteiger partial charge in [0.15, 0.2) is 0 Å². The van der Waals surface area contributed by atoms with Gasteiger partial charge < -0.3 is 15.2 Å². The van der Waals surface area contributed by atoms with E-state index in [9.17, 15) is 9.90 Å². The molecule has 0 saturated heterocycles. The molecule has 0 aliphatic heterocycles. The van der Waals surface area contributed by atoms with Gasteiger partial charge >= 0.3 is 0 Å². The molecule has 0 aliphatic rings. The maximum absolute atomic E-state index is 11.9. The average molecular weight is 292 g/mol. The summed E-state index contributed by atoms with van der Waals surface area (Å²) in [5.41, 5.74) is 1.37. The fraction of sp³-hybridized carbons (Fsp3) is 0.133. The third-order valence-corrected chi connectivity index (χ3v) is 3.12. The lowest BCUT2D eigenvalue weighted by atomic mass is 10.2. The molecule has 0 atom stereocenters. The largest absolute Gasteiger partial charge is 0.506 e. The number of benzene rings is 2. The first kappa shape index (κ1) is 14.2. The quantitative estimate of drug-likeness (QED) is 0.910. The Bertz CT molecular complexity index is 611. The first-order valence-electron chi connectivity index (χ1n) is 6.00. The van der Waals surface area contributed by atoms with Crippen LogP contribution in [0, 0.1) is 0 Å². The first-order chi connectivity index (χ1) is 9.60. The predicted octanol–water partition coefficient (Wildman–Crippen LogP) is 2.98. The molecular formula is C15H14ClNO3. The van der Waals surface area contributed by atoms with Crippen LogP contribution in [0.1, 0.15) is 15.9 Å². The van der Waals surface area contributed by atoms with Crippen LogP contribution in [0.25, 0.3) is 0 Å². The van der Waals surface area contributed by atoms with Crippen molar-refractivity contribution in [2.24, 2.45) is 0 Å². The minimum atomic E-state index is -0.247. The fourth-order valence-electron chi connectivity index (χ4n) is 1.68. The van der Waals surface area contributed by atoms with Gasteiger partial charge in [0.2, 0.25) is 0 Å². The lowest BCUT2D eigenvalue weighted by Crippen LogP contribution is -2.22. The zero-order valence-electron chi connectivity index (χ0n) is 10.9. The number of phenols is 1. The number of rotatable bonds is 4. The molecule has 104 valence electrons. The summed E-state index contributed by atoms with van der Waals surface area (Å²) in [5.74, 6) is 0.478. The van der Waals surface area contributed by atoms with Crippen LogP contribution >= 0.6 is 11.6 Å². The van der Waals surface area contributed by atoms with E-state index in [2.05, 4.69) is 5.32 Å². The summed E-state index contributed by atoms with van der Waals surface area (Å²) in [6.07, 6.45) is 0. The van der Waals surface area contributed by atoms with Gasteiger partial charge in [0.05, 0.1) is 12.1 Å². The highest BCUT2D eigenvalue weighted by Gasteiger charge is 2.08. The van der Waals surface area contributed by atoms with Crippen molar-refractivity contribution in [1.29, 1.82) is 0 Å². The average Bonchev–Trinajstić information content (AvgIpc) is 2.48. The van der Waals surface area contributed by atoms with Crippen molar-refractivity contribution in [3.63, 3.8) is 0 Å². The Kier molecular flexibility index (Phi) is 4.48. The van der Waals surface area contributed by atoms with Crippen molar-refractivity contribution in [1.82, 2.24) is 5.32 Å². The number of halogens is 1. The van der Waals surface area contributed by atoms with Gasteiger partial charge in [-0.05, 0) is 35.9 Å². The Morgan fingerprint density at radius 3 is 2.55 bits per heavy atom. The van der Waals surface area contributed by atoms with E-state index in [-0.39, 0.29) is 16.7 Å². The Morgan fingerprint density at radius 1 is 1.25 bits per heavy atom. The van der Waals surface area contributed by atoms with E-state index in [1.165, 1.54) is 18.2 Å². The molecule has 0 spiro atoms. The molecule has 1 amide bonds. The number of aromatic hydroxyl groups is 1. The van der Waals surface area contributed by atoms with Gasteiger partial charge in [-0.1, -0.05) is 23.7 Å². The van der Waals surface area contributed by atoms with Crippen LogP contribution in [0.4, 0.5) is 0 Å². The van der Waals surface area contributed by atoms with Gasteiger partial charge in [0, 0.05) is 12.1 Å². The third-order valence-electron chi connectivity index (χ3n) is 2.82. The van der Waals surface area contributed by atoms with Gasteiger partial charge in [-0.15, -0.1) is 0 Å². The van der Waals surface area contributed by atoms with Crippen LogP contribution in [-0.4, -0.2) is 18.1 Å². The van der Waals surface area contributed by atoms with E-state index in [4.69, 9.17) is 16.3 Å². The molecule has 5 heteroatoms. The number of carbonyl (C=O) groups excluding carboxylic acids is 1. The van der Waals surface area contributed by atoms with Crippen LogP contribution in [0.5, 0.6) is 11.5 Å². The molecule has 0 unspecified atom stereocenters. The molecule has 2 aromatic rings. The number of phenolic OH excluding ortho intramolecular Hbond substituents is 1. The number of hydrogen-bond acceptors (Lipinski definition) is 3. The van der Waals surface area contributed by atoms with Crippen LogP contribution in [0.3, 0.4) is 0 Å². The molecule has 0 radical (unpaired) electrons. The smallest absolute Gasteiger partial charge is 0.251 e. The molecule has 0 fully saturated rings. The summed E-state index contributed by atoms with van der Waals surface area (Å²) in [6.45, 7) is 0.404. The highest BCUT2D eigenvalue weighted by atomic mass is 35.5. The van der Waals surface area contributed by atoms with Gasteiger partial charge in [-0.25, -0.2) is 0 Å². The summed E-state index contributed by atoms with van der Waals surface area (Å²) in [5, 5.41) is 12.2. The summed E-state index contributed by atoms with van der Waals surface area (Å²) in [4.78, 5) is 11.9. The molecule has 4 nitrogen and oxygen atoms in total. The van der Waals surface area contributed by atoms with Gasteiger partial charge in [0.1, 0.15) is 11.5 Å². The van der Waals surface area contributed by atoms with Gasteiger partial charge in [0.25, 0.3) is 5.91 Å². The molecule has 2 aromatic carbocycles. The van der Waals surface area contributed by atoms with Crippen LogP contribution in [-0.2, 0) is 6.54 Å². The molecule has 0 aliphatic carbocycles. The zero-order chi connectivity index (χ0) is 14.5. The van der Waals surface area contributed by atoms with Gasteiger partial charge in [-0.2, -0.15) is 0 Å². The Morgan fingerprint density at radius 2 is 1.95 bits per heavy atom. The lowest BCUT2D eigenvalue weighted by molar-refractivity contribution is 0.0951. The Hall–Kier alpha value is -2.20. The number of amides is 1. The molecule has 0 aromatic heterocycles. The van der Waals surface area contributed by atoms with Crippen molar-refractivity contribution in [2.45, 2.75) is 6.54 Å². The van der Waals surface area contributed by atoms with E-state index < -0.39 is 0 Å². The maximum Gasteiger partial charge on any atom is 0.251 e. The standard InChI is InChI=1S/C15H14ClNO3/c1-20-12-5-2-10(3-6-12)9-17-15(19)11-4-7-14(18)13(16)8-11/h2-8,18H,9H2,1H3,(H,17,19). The fourth-order valence-corrected chi connectivity index (χ4v) is 1.86. The first-order valence-corrected chi connectivity index (χ1v) is 6.37. The lowest BCUT2D eigenvalue weighted by Gasteiger charge is -2.07. The third kappa shape index (κ3) is 3.42. The second kappa shape index (κ2) is 6.30. The normalized spacial score (nSPS) is 10.1. The monoisotopic (exact) mass is 291 g/mol. The summed E-state index contributed by atoms with van der Waals surface area (Å²) in [6, 6.07) is 11.8. The molecule has 0 heterocycles. The summed E-state index contributed by atoms with van der Waals surface area (Å²) < 4.78 is 5.06. The van der Waals surface area contributed by atoms with E-state index in [0.29, 0.717) is 12.1 Å². The molecular weight excluding hydrogens is 278 g/mol. The Labute approximate surface area is 122 Å². The molecule has 20 heavy (non-hydrogen) atoms. The highest BCUT2D eigenvalue weighted by Crippen LogP contribution is 2.23. The molecule has 2 N–H and O–H groups in total. The second-order valence-electron chi connectivity index (χ2n) is 4.20. The van der Waals surface area contributed by atoms with Crippen molar-refractivity contribution >= 4 is 17.5 Å². The van der Waals surface area contributed by atoms with Crippen molar-refractivity contribution in [3.8, 4) is 11.5 Å². The minimum Gasteiger partial charge on any atom is -0.506 e.